The Kier molecular flexibility index (Phi) is 5.47. The molecule has 1 spiro atoms. The molecular formula is C18H28ClN3O. The Morgan fingerprint density at radius 1 is 1.09 bits per heavy atom. The highest BCUT2D eigenvalue weighted by molar-refractivity contribution is 5.85. The molecule has 3 aliphatic heterocycles. The smallest absolute Gasteiger partial charge is 0.0642 e. The van der Waals surface area contributed by atoms with Gasteiger partial charge >= 0.3 is 0 Å². The standard InChI is InChI=1S/C18H27N3O.ClH/c1-2-4-17(21-9-11-22-12-10-21)16(3-1)13-20-8-6-18(15-20)5-7-19-14-18;/h1-4,19H,5-15H2;1H. The monoisotopic (exact) mass is 337 g/mol. The first kappa shape index (κ1) is 17.0. The van der Waals surface area contributed by atoms with Crippen molar-refractivity contribution in [3.63, 3.8) is 0 Å². The summed E-state index contributed by atoms with van der Waals surface area (Å²) in [5, 5.41) is 3.55. The Morgan fingerprint density at radius 3 is 2.70 bits per heavy atom. The number of halogens is 1. The van der Waals surface area contributed by atoms with Crippen molar-refractivity contribution in [3.8, 4) is 0 Å². The minimum Gasteiger partial charge on any atom is -0.378 e. The SMILES string of the molecule is Cl.c1ccc(N2CCOCC2)c(CN2CCC3(CCNC3)C2)c1. The second-order valence-corrected chi connectivity index (χ2v) is 7.12. The second kappa shape index (κ2) is 7.39. The highest BCUT2D eigenvalue weighted by atomic mass is 35.5. The summed E-state index contributed by atoms with van der Waals surface area (Å²) in [7, 11) is 0. The Morgan fingerprint density at radius 2 is 1.91 bits per heavy atom. The van der Waals surface area contributed by atoms with Crippen molar-refractivity contribution in [1.29, 1.82) is 0 Å². The summed E-state index contributed by atoms with van der Waals surface area (Å²) in [5.41, 5.74) is 3.46. The van der Waals surface area contributed by atoms with Crippen LogP contribution in [-0.2, 0) is 11.3 Å². The number of ether oxygens (including phenoxy) is 1. The molecule has 5 heteroatoms. The van der Waals surface area contributed by atoms with E-state index in [1.165, 1.54) is 50.3 Å². The Balaban J connectivity index is 0.00000156. The third kappa shape index (κ3) is 3.66. The molecule has 0 amide bonds. The minimum atomic E-state index is 0. The van der Waals surface area contributed by atoms with Gasteiger partial charge in [0.05, 0.1) is 13.2 Å². The number of nitrogens with one attached hydrogen (secondary N) is 1. The van der Waals surface area contributed by atoms with E-state index in [1.807, 2.05) is 0 Å². The van der Waals surface area contributed by atoms with Crippen LogP contribution in [0.15, 0.2) is 24.3 Å². The summed E-state index contributed by atoms with van der Waals surface area (Å²) in [5.74, 6) is 0. The Bertz CT molecular complexity index is 513. The average molecular weight is 338 g/mol. The first-order valence-corrected chi connectivity index (χ1v) is 8.68. The number of anilines is 1. The molecular weight excluding hydrogens is 310 g/mol. The largest absolute Gasteiger partial charge is 0.378 e. The lowest BCUT2D eigenvalue weighted by atomic mass is 9.86. The zero-order valence-corrected chi connectivity index (χ0v) is 14.6. The van der Waals surface area contributed by atoms with Crippen LogP contribution in [-0.4, -0.2) is 57.4 Å². The molecule has 23 heavy (non-hydrogen) atoms. The van der Waals surface area contributed by atoms with Crippen molar-refractivity contribution in [2.24, 2.45) is 5.41 Å². The van der Waals surface area contributed by atoms with Crippen LogP contribution >= 0.6 is 12.4 Å². The number of benzene rings is 1. The maximum absolute atomic E-state index is 5.50. The molecule has 1 aromatic rings. The van der Waals surface area contributed by atoms with Crippen molar-refractivity contribution in [2.45, 2.75) is 19.4 Å². The van der Waals surface area contributed by atoms with E-state index in [9.17, 15) is 0 Å². The number of hydrogen-bond acceptors (Lipinski definition) is 4. The topological polar surface area (TPSA) is 27.7 Å². The van der Waals surface area contributed by atoms with Crippen LogP contribution < -0.4 is 10.2 Å². The fourth-order valence-electron chi connectivity index (χ4n) is 4.30. The molecule has 3 aliphatic rings. The van der Waals surface area contributed by atoms with Crippen LogP contribution in [0.4, 0.5) is 5.69 Å². The van der Waals surface area contributed by atoms with Crippen molar-refractivity contribution in [3.05, 3.63) is 29.8 Å². The van der Waals surface area contributed by atoms with Crippen LogP contribution in [0.2, 0.25) is 0 Å². The average Bonchev–Trinajstić information content (AvgIpc) is 3.19. The van der Waals surface area contributed by atoms with Gasteiger partial charge in [-0.1, -0.05) is 18.2 Å². The summed E-state index contributed by atoms with van der Waals surface area (Å²) < 4.78 is 5.50. The van der Waals surface area contributed by atoms with Gasteiger partial charge in [-0.2, -0.15) is 0 Å². The number of para-hydroxylation sites is 1. The lowest BCUT2D eigenvalue weighted by molar-refractivity contribution is 0.122. The molecule has 3 fully saturated rings. The lowest BCUT2D eigenvalue weighted by Gasteiger charge is -2.31. The van der Waals surface area contributed by atoms with Gasteiger partial charge in [-0.05, 0) is 43.0 Å². The molecule has 0 aliphatic carbocycles. The molecule has 1 aromatic carbocycles. The van der Waals surface area contributed by atoms with Crippen molar-refractivity contribution >= 4 is 18.1 Å². The van der Waals surface area contributed by atoms with Crippen LogP contribution in [0.3, 0.4) is 0 Å². The normalized spacial score (nSPS) is 28.3. The molecule has 3 saturated heterocycles. The van der Waals surface area contributed by atoms with E-state index in [0.29, 0.717) is 5.41 Å². The van der Waals surface area contributed by atoms with E-state index in [4.69, 9.17) is 4.74 Å². The number of likely N-dealkylation sites (tertiary alicyclic amines) is 1. The van der Waals surface area contributed by atoms with Crippen molar-refractivity contribution in [1.82, 2.24) is 10.2 Å². The first-order chi connectivity index (χ1) is 10.8. The minimum absolute atomic E-state index is 0. The number of nitrogens with zero attached hydrogens (tertiary/aromatic N) is 2. The summed E-state index contributed by atoms with van der Waals surface area (Å²) in [6.45, 7) is 9.77. The van der Waals surface area contributed by atoms with Crippen molar-refractivity contribution in [2.75, 3.05) is 57.4 Å². The van der Waals surface area contributed by atoms with Gasteiger partial charge in [0.1, 0.15) is 0 Å². The number of hydrogen-bond donors (Lipinski definition) is 1. The zero-order valence-electron chi connectivity index (χ0n) is 13.8. The fourth-order valence-corrected chi connectivity index (χ4v) is 4.30. The predicted molar refractivity (Wildman–Crippen MR) is 96.5 cm³/mol. The summed E-state index contributed by atoms with van der Waals surface area (Å²) in [6.07, 6.45) is 2.72. The van der Waals surface area contributed by atoms with Gasteiger partial charge in [0.2, 0.25) is 0 Å². The van der Waals surface area contributed by atoms with Crippen LogP contribution in [0, 0.1) is 5.41 Å². The van der Waals surface area contributed by atoms with E-state index >= 15 is 0 Å². The van der Waals surface area contributed by atoms with E-state index in [2.05, 4.69) is 39.4 Å². The summed E-state index contributed by atoms with van der Waals surface area (Å²) in [4.78, 5) is 5.15. The van der Waals surface area contributed by atoms with E-state index in [-0.39, 0.29) is 12.4 Å². The molecule has 0 saturated carbocycles. The highest BCUT2D eigenvalue weighted by Crippen LogP contribution is 2.37. The highest BCUT2D eigenvalue weighted by Gasteiger charge is 2.40. The van der Waals surface area contributed by atoms with Gasteiger partial charge < -0.3 is 15.0 Å². The van der Waals surface area contributed by atoms with Gasteiger partial charge in [-0.25, -0.2) is 0 Å². The zero-order chi connectivity index (χ0) is 14.8. The molecule has 0 radical (unpaired) electrons. The van der Waals surface area contributed by atoms with E-state index < -0.39 is 0 Å². The molecule has 1 unspecified atom stereocenters. The number of rotatable bonds is 3. The van der Waals surface area contributed by atoms with Gasteiger partial charge in [-0.3, -0.25) is 4.90 Å². The molecule has 1 N–H and O–H groups in total. The summed E-state index contributed by atoms with van der Waals surface area (Å²) >= 11 is 0. The Hall–Kier alpha value is -0.810. The Labute approximate surface area is 145 Å². The molecule has 0 bridgehead atoms. The van der Waals surface area contributed by atoms with Crippen LogP contribution in [0.1, 0.15) is 18.4 Å². The fraction of sp³-hybridized carbons (Fsp3) is 0.667. The molecule has 4 nitrogen and oxygen atoms in total. The van der Waals surface area contributed by atoms with Gasteiger partial charge in [0.15, 0.2) is 0 Å². The van der Waals surface area contributed by atoms with E-state index in [1.54, 1.807) is 0 Å². The maximum atomic E-state index is 5.50. The lowest BCUT2D eigenvalue weighted by Crippen LogP contribution is -2.37. The van der Waals surface area contributed by atoms with Crippen molar-refractivity contribution < 1.29 is 4.74 Å². The van der Waals surface area contributed by atoms with Gasteiger partial charge in [0, 0.05) is 38.4 Å². The van der Waals surface area contributed by atoms with Crippen LogP contribution in [0.25, 0.3) is 0 Å². The third-order valence-corrected chi connectivity index (χ3v) is 5.59. The second-order valence-electron chi connectivity index (χ2n) is 7.12. The summed E-state index contributed by atoms with van der Waals surface area (Å²) in [6, 6.07) is 8.94. The maximum Gasteiger partial charge on any atom is 0.0642 e. The van der Waals surface area contributed by atoms with Gasteiger partial charge in [-0.15, -0.1) is 12.4 Å². The predicted octanol–water partition coefficient (Wildman–Crippen LogP) is 2.13. The molecule has 4 rings (SSSR count). The molecule has 0 aromatic heterocycles. The molecule has 1 atom stereocenters. The first-order valence-electron chi connectivity index (χ1n) is 8.68. The van der Waals surface area contributed by atoms with Gasteiger partial charge in [0.25, 0.3) is 0 Å². The quantitative estimate of drug-likeness (QED) is 0.914. The van der Waals surface area contributed by atoms with Crippen LogP contribution in [0.5, 0.6) is 0 Å². The van der Waals surface area contributed by atoms with E-state index in [0.717, 1.165) is 32.8 Å². The number of morpholine rings is 1. The third-order valence-electron chi connectivity index (χ3n) is 5.59. The molecule has 128 valence electrons. The molecule has 3 heterocycles.